The number of hydrazine groups is 1. The number of carbonyl (C=O) groups excluding carboxylic acids is 2. The number of aryl methyl sites for hydroxylation is 1. The van der Waals surface area contributed by atoms with Crippen molar-refractivity contribution in [3.8, 4) is 0 Å². The van der Waals surface area contributed by atoms with Gasteiger partial charge in [-0.05, 0) is 41.6 Å². The van der Waals surface area contributed by atoms with Crippen LogP contribution in [0.2, 0.25) is 0 Å². The number of fused-ring (bicyclic) bond motifs is 1. The maximum atomic E-state index is 12.2. The molecule has 0 atom stereocenters. The molecule has 1 aromatic heterocycles. The van der Waals surface area contributed by atoms with E-state index in [4.69, 9.17) is 0 Å². The highest BCUT2D eigenvalue weighted by atomic mass is 16.2. The lowest BCUT2D eigenvalue weighted by Crippen LogP contribution is -2.42. The average Bonchev–Trinajstić information content (AvgIpc) is 2.65. The highest BCUT2D eigenvalue weighted by Crippen LogP contribution is 2.09. The Kier molecular flexibility index (Phi) is 4.61. The number of pyridine rings is 1. The Morgan fingerprint density at radius 3 is 2.36 bits per heavy atom. The summed E-state index contributed by atoms with van der Waals surface area (Å²) in [5.74, 6) is -1.03. The fourth-order valence-electron chi connectivity index (χ4n) is 2.48. The molecule has 0 bridgehead atoms. The van der Waals surface area contributed by atoms with Crippen LogP contribution in [0, 0.1) is 0 Å². The number of hydrogen-bond acceptors (Lipinski definition) is 3. The summed E-state index contributed by atoms with van der Waals surface area (Å²) in [5.41, 5.74) is 5.92. The van der Waals surface area contributed by atoms with Crippen LogP contribution in [0.3, 0.4) is 0 Å². The second-order valence-corrected chi connectivity index (χ2v) is 5.56. The Bertz CT molecular complexity index is 991. The van der Waals surface area contributed by atoms with Crippen molar-refractivity contribution in [3.05, 3.63) is 81.8 Å². The molecule has 126 valence electrons. The zero-order valence-electron chi connectivity index (χ0n) is 13.6. The van der Waals surface area contributed by atoms with Crippen LogP contribution < -0.4 is 16.4 Å². The van der Waals surface area contributed by atoms with Crippen molar-refractivity contribution in [1.29, 1.82) is 0 Å². The minimum Gasteiger partial charge on any atom is -0.317 e. The summed E-state index contributed by atoms with van der Waals surface area (Å²) >= 11 is 0. The highest BCUT2D eigenvalue weighted by molar-refractivity contribution is 5.99. The molecule has 0 radical (unpaired) electrons. The third-order valence-electron chi connectivity index (χ3n) is 3.91. The van der Waals surface area contributed by atoms with E-state index in [1.807, 2.05) is 19.1 Å². The molecule has 0 unspecified atom stereocenters. The minimum atomic E-state index is -0.596. The van der Waals surface area contributed by atoms with Crippen molar-refractivity contribution in [2.75, 3.05) is 0 Å². The van der Waals surface area contributed by atoms with Crippen LogP contribution >= 0.6 is 0 Å². The summed E-state index contributed by atoms with van der Waals surface area (Å²) < 4.78 is 0. The fraction of sp³-hybridized carbons (Fsp3) is 0.105. The molecule has 0 aliphatic heterocycles. The minimum absolute atomic E-state index is 0.0744. The van der Waals surface area contributed by atoms with Gasteiger partial charge in [0.25, 0.3) is 17.4 Å². The zero-order chi connectivity index (χ0) is 17.8. The van der Waals surface area contributed by atoms with Crippen molar-refractivity contribution >= 4 is 22.6 Å². The number of hydrogen-bond donors (Lipinski definition) is 3. The first-order chi connectivity index (χ1) is 12.1. The van der Waals surface area contributed by atoms with Crippen LogP contribution in [0.4, 0.5) is 0 Å². The lowest BCUT2D eigenvalue weighted by atomic mass is 10.1. The second-order valence-electron chi connectivity index (χ2n) is 5.56. The first-order valence-corrected chi connectivity index (χ1v) is 7.90. The summed E-state index contributed by atoms with van der Waals surface area (Å²) in [6.07, 6.45) is 0.883. The molecule has 0 saturated carbocycles. The standard InChI is InChI=1S/C19H17N3O3/c1-2-12-7-9-13(10-8-12)17(23)21-22-19(25)16-11-14-5-3-4-6-15(14)18(24)20-16/h3-11H,2H2,1H3,(H,20,24)(H,21,23)(H,22,25). The van der Waals surface area contributed by atoms with Crippen molar-refractivity contribution < 1.29 is 9.59 Å². The average molecular weight is 335 g/mol. The summed E-state index contributed by atoms with van der Waals surface area (Å²) in [6.45, 7) is 2.03. The van der Waals surface area contributed by atoms with Gasteiger partial charge in [-0.25, -0.2) is 0 Å². The van der Waals surface area contributed by atoms with Gasteiger partial charge >= 0.3 is 0 Å². The number of benzene rings is 2. The summed E-state index contributed by atoms with van der Waals surface area (Å²) in [4.78, 5) is 38.8. The van der Waals surface area contributed by atoms with Gasteiger partial charge in [-0.2, -0.15) is 0 Å². The monoisotopic (exact) mass is 335 g/mol. The molecule has 0 aliphatic rings. The van der Waals surface area contributed by atoms with Crippen molar-refractivity contribution in [1.82, 2.24) is 15.8 Å². The maximum Gasteiger partial charge on any atom is 0.286 e. The first kappa shape index (κ1) is 16.4. The SMILES string of the molecule is CCc1ccc(C(=O)NNC(=O)c2cc3ccccc3c(=O)[nH]2)cc1. The Balaban J connectivity index is 1.71. The number of H-pyrrole nitrogens is 1. The van der Waals surface area contributed by atoms with Crippen LogP contribution in [-0.2, 0) is 6.42 Å². The molecule has 2 amide bonds. The number of nitrogens with one attached hydrogen (secondary N) is 3. The molecule has 0 saturated heterocycles. The number of aromatic amines is 1. The molecule has 25 heavy (non-hydrogen) atoms. The summed E-state index contributed by atoms with van der Waals surface area (Å²) in [5, 5.41) is 1.15. The third-order valence-corrected chi connectivity index (χ3v) is 3.91. The Hall–Kier alpha value is -3.41. The number of rotatable bonds is 3. The second kappa shape index (κ2) is 7.00. The summed E-state index contributed by atoms with van der Waals surface area (Å²) in [6, 6.07) is 15.6. The highest BCUT2D eigenvalue weighted by Gasteiger charge is 2.11. The van der Waals surface area contributed by atoms with E-state index in [1.54, 1.807) is 42.5 Å². The zero-order valence-corrected chi connectivity index (χ0v) is 13.6. The number of carbonyl (C=O) groups is 2. The molecule has 0 fully saturated rings. The molecule has 2 aromatic carbocycles. The fourth-order valence-corrected chi connectivity index (χ4v) is 2.48. The van der Waals surface area contributed by atoms with E-state index in [2.05, 4.69) is 15.8 Å². The quantitative estimate of drug-likeness (QED) is 0.641. The van der Waals surface area contributed by atoms with Crippen LogP contribution in [0.25, 0.3) is 10.8 Å². The lowest BCUT2D eigenvalue weighted by Gasteiger charge is -2.08. The van der Waals surface area contributed by atoms with Gasteiger partial charge in [0, 0.05) is 10.9 Å². The molecular formula is C19H17N3O3. The van der Waals surface area contributed by atoms with Gasteiger partial charge in [0.1, 0.15) is 5.69 Å². The van der Waals surface area contributed by atoms with E-state index >= 15 is 0 Å². The molecule has 3 aromatic rings. The van der Waals surface area contributed by atoms with Crippen LogP contribution in [0.5, 0.6) is 0 Å². The molecule has 6 heteroatoms. The van der Waals surface area contributed by atoms with Gasteiger partial charge < -0.3 is 4.98 Å². The van der Waals surface area contributed by atoms with Crippen LogP contribution in [-0.4, -0.2) is 16.8 Å². The Morgan fingerprint density at radius 2 is 1.64 bits per heavy atom. The first-order valence-electron chi connectivity index (χ1n) is 7.90. The van der Waals surface area contributed by atoms with E-state index < -0.39 is 11.8 Å². The number of aromatic nitrogens is 1. The Labute approximate surface area is 143 Å². The summed E-state index contributed by atoms with van der Waals surface area (Å²) in [7, 11) is 0. The van der Waals surface area contributed by atoms with Crippen molar-refractivity contribution in [2.24, 2.45) is 0 Å². The predicted octanol–water partition coefficient (Wildman–Crippen LogP) is 2.17. The molecule has 3 N–H and O–H groups in total. The molecule has 6 nitrogen and oxygen atoms in total. The third kappa shape index (κ3) is 3.58. The smallest absolute Gasteiger partial charge is 0.286 e. The van der Waals surface area contributed by atoms with Gasteiger partial charge in [0.15, 0.2) is 0 Å². The normalized spacial score (nSPS) is 10.4. The van der Waals surface area contributed by atoms with Crippen LogP contribution in [0.1, 0.15) is 33.3 Å². The van der Waals surface area contributed by atoms with Gasteiger partial charge in [-0.3, -0.25) is 25.2 Å². The van der Waals surface area contributed by atoms with Crippen LogP contribution in [0.15, 0.2) is 59.4 Å². The maximum absolute atomic E-state index is 12.2. The molecule has 3 rings (SSSR count). The molecule has 0 aliphatic carbocycles. The van der Waals surface area contributed by atoms with E-state index in [9.17, 15) is 14.4 Å². The Morgan fingerprint density at radius 1 is 0.960 bits per heavy atom. The van der Waals surface area contributed by atoms with Crippen molar-refractivity contribution in [2.45, 2.75) is 13.3 Å². The topological polar surface area (TPSA) is 91.1 Å². The predicted molar refractivity (Wildman–Crippen MR) is 95.3 cm³/mol. The van der Waals surface area contributed by atoms with E-state index in [1.165, 1.54) is 0 Å². The molecule has 1 heterocycles. The number of amides is 2. The largest absolute Gasteiger partial charge is 0.317 e. The van der Waals surface area contributed by atoms with E-state index in [0.29, 0.717) is 16.3 Å². The van der Waals surface area contributed by atoms with Crippen molar-refractivity contribution in [3.63, 3.8) is 0 Å². The molecule has 0 spiro atoms. The van der Waals surface area contributed by atoms with Gasteiger partial charge in [0.05, 0.1) is 0 Å². The van der Waals surface area contributed by atoms with Gasteiger partial charge in [-0.15, -0.1) is 0 Å². The van der Waals surface area contributed by atoms with E-state index in [-0.39, 0.29) is 11.3 Å². The lowest BCUT2D eigenvalue weighted by molar-refractivity contribution is 0.0844. The van der Waals surface area contributed by atoms with Gasteiger partial charge in [0.2, 0.25) is 0 Å². The van der Waals surface area contributed by atoms with Gasteiger partial charge in [-0.1, -0.05) is 37.3 Å². The molecular weight excluding hydrogens is 318 g/mol. The van der Waals surface area contributed by atoms with E-state index in [0.717, 1.165) is 12.0 Å².